The van der Waals surface area contributed by atoms with Crippen LogP contribution in [0.5, 0.6) is 5.88 Å². The van der Waals surface area contributed by atoms with Crippen LogP contribution in [-0.4, -0.2) is 41.7 Å². The van der Waals surface area contributed by atoms with E-state index in [9.17, 15) is 18.3 Å². The van der Waals surface area contributed by atoms with Gasteiger partial charge >= 0.3 is 6.18 Å². The zero-order valence-electron chi connectivity index (χ0n) is 20.5. The number of hydrogen-bond donors (Lipinski definition) is 1. The molecule has 0 aliphatic rings. The first kappa shape index (κ1) is 25.7. The summed E-state index contributed by atoms with van der Waals surface area (Å²) in [6.45, 7) is 0. The molecule has 5 rings (SSSR count). The fourth-order valence-corrected chi connectivity index (χ4v) is 4.85. The van der Waals surface area contributed by atoms with Gasteiger partial charge in [0.15, 0.2) is 5.60 Å². The van der Waals surface area contributed by atoms with Gasteiger partial charge in [-0.15, -0.1) is 5.10 Å². The molecular weight excluding hydrogens is 521 g/mol. The maximum Gasteiger partial charge on any atom is 0.416 e. The SMILES string of the molecule is COc1nc2ccc(C(O)(c3cncn3C)c3cnnn3C)cc2c(Cl)c1Cc1ccc(C(F)(F)F)cc1. The van der Waals surface area contributed by atoms with Crippen LogP contribution >= 0.6 is 11.6 Å². The molecule has 0 saturated carbocycles. The van der Waals surface area contributed by atoms with Crippen molar-refractivity contribution in [2.24, 2.45) is 14.1 Å². The summed E-state index contributed by atoms with van der Waals surface area (Å²) >= 11 is 6.88. The topological polar surface area (TPSA) is 90.9 Å². The van der Waals surface area contributed by atoms with Crippen molar-refractivity contribution in [1.82, 2.24) is 29.5 Å². The van der Waals surface area contributed by atoms with Crippen molar-refractivity contribution in [3.63, 3.8) is 0 Å². The Kier molecular flexibility index (Phi) is 6.36. The third-order valence-corrected chi connectivity index (χ3v) is 6.96. The molecule has 0 spiro atoms. The Morgan fingerprint density at radius 1 is 1.00 bits per heavy atom. The van der Waals surface area contributed by atoms with Gasteiger partial charge in [-0.05, 0) is 35.4 Å². The third-order valence-electron chi connectivity index (χ3n) is 6.52. The number of benzene rings is 2. The van der Waals surface area contributed by atoms with Gasteiger partial charge in [-0.2, -0.15) is 13.2 Å². The summed E-state index contributed by atoms with van der Waals surface area (Å²) in [6.07, 6.45) is 0.364. The van der Waals surface area contributed by atoms with E-state index in [1.165, 1.54) is 30.1 Å². The minimum absolute atomic E-state index is 0.185. The van der Waals surface area contributed by atoms with Gasteiger partial charge in [-0.3, -0.25) is 0 Å². The van der Waals surface area contributed by atoms with Gasteiger partial charge in [-0.25, -0.2) is 14.6 Å². The maximum atomic E-state index is 13.0. The first-order valence-corrected chi connectivity index (χ1v) is 11.8. The monoisotopic (exact) mass is 542 g/mol. The number of imidazole rings is 1. The van der Waals surface area contributed by atoms with E-state index in [1.807, 2.05) is 0 Å². The quantitative estimate of drug-likeness (QED) is 0.336. The summed E-state index contributed by atoms with van der Waals surface area (Å²) < 4.78 is 47.7. The number of aromatic nitrogens is 6. The van der Waals surface area contributed by atoms with E-state index in [0.29, 0.717) is 44.0 Å². The summed E-state index contributed by atoms with van der Waals surface area (Å²) in [5.41, 5.74) is 0.546. The number of aliphatic hydroxyl groups is 1. The van der Waals surface area contributed by atoms with Crippen molar-refractivity contribution < 1.29 is 23.0 Å². The van der Waals surface area contributed by atoms with Crippen molar-refractivity contribution in [2.45, 2.75) is 18.2 Å². The Morgan fingerprint density at radius 3 is 2.29 bits per heavy atom. The lowest BCUT2D eigenvalue weighted by Crippen LogP contribution is -2.33. The molecule has 12 heteroatoms. The number of hydrogen-bond acceptors (Lipinski definition) is 6. The van der Waals surface area contributed by atoms with E-state index in [1.54, 1.807) is 49.4 Å². The molecule has 1 N–H and O–H groups in total. The fraction of sp³-hybridized carbons (Fsp3) is 0.231. The molecule has 196 valence electrons. The number of methoxy groups -OCH3 is 1. The highest BCUT2D eigenvalue weighted by Gasteiger charge is 2.40. The number of alkyl halides is 3. The molecule has 0 amide bonds. The lowest BCUT2D eigenvalue weighted by molar-refractivity contribution is -0.137. The summed E-state index contributed by atoms with van der Waals surface area (Å²) in [5.74, 6) is 0.257. The molecule has 2 aromatic carbocycles. The first-order chi connectivity index (χ1) is 18.0. The van der Waals surface area contributed by atoms with E-state index in [2.05, 4.69) is 20.3 Å². The molecule has 5 aromatic rings. The summed E-state index contributed by atoms with van der Waals surface area (Å²) in [6, 6.07) is 10.0. The second-order valence-electron chi connectivity index (χ2n) is 8.86. The second kappa shape index (κ2) is 9.41. The third kappa shape index (κ3) is 4.27. The number of nitrogens with zero attached hydrogens (tertiary/aromatic N) is 6. The number of ether oxygens (including phenoxy) is 1. The molecule has 0 saturated heterocycles. The molecule has 3 aromatic heterocycles. The largest absolute Gasteiger partial charge is 0.481 e. The van der Waals surface area contributed by atoms with Crippen LogP contribution in [0.25, 0.3) is 10.9 Å². The molecule has 0 bridgehead atoms. The van der Waals surface area contributed by atoms with Crippen molar-refractivity contribution in [3.05, 3.63) is 99.8 Å². The number of pyridine rings is 1. The smallest absolute Gasteiger partial charge is 0.416 e. The van der Waals surface area contributed by atoms with E-state index in [0.717, 1.165) is 12.1 Å². The molecular formula is C26H22ClF3N6O2. The van der Waals surface area contributed by atoms with Gasteiger partial charge in [0.05, 0.1) is 47.6 Å². The van der Waals surface area contributed by atoms with Crippen LogP contribution in [0, 0.1) is 0 Å². The van der Waals surface area contributed by atoms with Crippen LogP contribution in [0.1, 0.15) is 33.6 Å². The molecule has 0 radical (unpaired) electrons. The number of aryl methyl sites for hydroxylation is 2. The number of rotatable bonds is 6. The number of halogens is 4. The normalized spacial score (nSPS) is 13.6. The van der Waals surface area contributed by atoms with Crippen molar-refractivity contribution in [3.8, 4) is 5.88 Å². The first-order valence-electron chi connectivity index (χ1n) is 11.4. The standard InChI is InChI=1S/C26H22ClF3N6O2/c1-35-14-31-12-21(35)25(37,22-13-32-34-36(22)2)17-8-9-20-18(11-17)23(27)19(24(33-20)38-3)10-15-4-6-16(7-5-15)26(28,29)30/h4-9,11-14,37H,10H2,1-3H3. The maximum absolute atomic E-state index is 13.0. The highest BCUT2D eigenvalue weighted by molar-refractivity contribution is 6.36. The molecule has 1 unspecified atom stereocenters. The minimum Gasteiger partial charge on any atom is -0.481 e. The Balaban J connectivity index is 1.66. The fourth-order valence-electron chi connectivity index (χ4n) is 4.56. The van der Waals surface area contributed by atoms with E-state index in [4.69, 9.17) is 16.3 Å². The van der Waals surface area contributed by atoms with Crippen LogP contribution in [0.2, 0.25) is 5.02 Å². The van der Waals surface area contributed by atoms with Crippen LogP contribution in [0.15, 0.2) is 61.2 Å². The molecule has 8 nitrogen and oxygen atoms in total. The summed E-state index contributed by atoms with van der Waals surface area (Å²) in [7, 11) is 4.89. The van der Waals surface area contributed by atoms with Crippen LogP contribution in [0.3, 0.4) is 0 Å². The zero-order chi connectivity index (χ0) is 27.2. The summed E-state index contributed by atoms with van der Waals surface area (Å²) in [5, 5.41) is 20.9. The number of fused-ring (bicyclic) bond motifs is 1. The van der Waals surface area contributed by atoms with Gasteiger partial charge in [0.1, 0.15) is 5.69 Å². The van der Waals surface area contributed by atoms with E-state index >= 15 is 0 Å². The molecule has 0 aliphatic carbocycles. The van der Waals surface area contributed by atoms with Gasteiger partial charge in [0, 0.05) is 31.5 Å². The van der Waals surface area contributed by atoms with Crippen LogP contribution in [-0.2, 0) is 32.3 Å². The molecule has 0 aliphatic heterocycles. The van der Waals surface area contributed by atoms with Crippen molar-refractivity contribution in [2.75, 3.05) is 7.11 Å². The van der Waals surface area contributed by atoms with Gasteiger partial charge in [0.25, 0.3) is 0 Å². The minimum atomic E-state index is -4.43. The van der Waals surface area contributed by atoms with Crippen LogP contribution < -0.4 is 4.74 Å². The zero-order valence-corrected chi connectivity index (χ0v) is 21.3. The Hall–Kier alpha value is -3.96. The highest BCUT2D eigenvalue weighted by atomic mass is 35.5. The van der Waals surface area contributed by atoms with Crippen molar-refractivity contribution >= 4 is 22.5 Å². The average molecular weight is 543 g/mol. The lowest BCUT2D eigenvalue weighted by atomic mass is 9.86. The predicted molar refractivity (Wildman–Crippen MR) is 134 cm³/mol. The van der Waals surface area contributed by atoms with Gasteiger partial charge in [-0.1, -0.05) is 35.0 Å². The molecule has 38 heavy (non-hydrogen) atoms. The Morgan fingerprint density at radius 2 is 1.71 bits per heavy atom. The molecule has 1 atom stereocenters. The van der Waals surface area contributed by atoms with Crippen molar-refractivity contribution in [1.29, 1.82) is 0 Å². The second-order valence-corrected chi connectivity index (χ2v) is 9.24. The van der Waals surface area contributed by atoms with Gasteiger partial charge in [0.2, 0.25) is 5.88 Å². The van der Waals surface area contributed by atoms with E-state index in [-0.39, 0.29) is 12.3 Å². The Labute approximate surface area is 220 Å². The highest BCUT2D eigenvalue weighted by Crippen LogP contribution is 2.40. The van der Waals surface area contributed by atoms with Gasteiger partial charge < -0.3 is 14.4 Å². The molecule has 0 fully saturated rings. The predicted octanol–water partition coefficient (Wildman–Crippen LogP) is 4.65. The average Bonchev–Trinajstić information content (AvgIpc) is 3.53. The van der Waals surface area contributed by atoms with Crippen LogP contribution in [0.4, 0.5) is 13.2 Å². The summed E-state index contributed by atoms with van der Waals surface area (Å²) in [4.78, 5) is 8.74. The van der Waals surface area contributed by atoms with E-state index < -0.39 is 17.3 Å². The lowest BCUT2D eigenvalue weighted by Gasteiger charge is -2.29. The molecule has 3 heterocycles. The Bertz CT molecular complexity index is 1590.